The van der Waals surface area contributed by atoms with E-state index in [2.05, 4.69) is 18.2 Å². The summed E-state index contributed by atoms with van der Waals surface area (Å²) in [5.41, 5.74) is 0.0234. The van der Waals surface area contributed by atoms with Crippen LogP contribution >= 0.6 is 7.60 Å². The van der Waals surface area contributed by atoms with Gasteiger partial charge in [-0.2, -0.15) is 0 Å². The molecule has 1 atom stereocenters. The van der Waals surface area contributed by atoms with E-state index in [9.17, 15) is 9.36 Å². The van der Waals surface area contributed by atoms with Gasteiger partial charge in [-0.1, -0.05) is 45.6 Å². The Bertz CT molecular complexity index is 428. The Kier molecular flexibility index (Phi) is 10.9. The van der Waals surface area contributed by atoms with Crippen molar-refractivity contribution in [3.63, 3.8) is 0 Å². The SMILES string of the molecule is C=C(C(=O)OC)/C(=C\C)OP(C)(=O)OCCCCCCCC. The van der Waals surface area contributed by atoms with Crippen molar-refractivity contribution >= 4 is 13.6 Å². The van der Waals surface area contributed by atoms with E-state index in [0.29, 0.717) is 6.61 Å². The van der Waals surface area contributed by atoms with E-state index in [1.54, 1.807) is 6.92 Å². The van der Waals surface area contributed by atoms with Gasteiger partial charge < -0.3 is 9.26 Å². The molecule has 0 rings (SSSR count). The number of allylic oxidation sites excluding steroid dienone is 1. The van der Waals surface area contributed by atoms with Gasteiger partial charge in [0.05, 0.1) is 19.3 Å². The minimum atomic E-state index is -3.27. The summed E-state index contributed by atoms with van der Waals surface area (Å²) in [6, 6.07) is 0. The summed E-state index contributed by atoms with van der Waals surface area (Å²) >= 11 is 0. The summed E-state index contributed by atoms with van der Waals surface area (Å²) in [7, 11) is -2.02. The molecule has 0 aliphatic rings. The van der Waals surface area contributed by atoms with Gasteiger partial charge in [-0.15, -0.1) is 0 Å². The Labute approximate surface area is 134 Å². The molecule has 0 amide bonds. The second-order valence-corrected chi connectivity index (χ2v) is 7.07. The molecule has 0 saturated carbocycles. The van der Waals surface area contributed by atoms with Gasteiger partial charge in [0.2, 0.25) is 0 Å². The Morgan fingerprint density at radius 3 is 2.32 bits per heavy atom. The van der Waals surface area contributed by atoms with E-state index < -0.39 is 13.6 Å². The van der Waals surface area contributed by atoms with Gasteiger partial charge in [0, 0.05) is 6.66 Å². The highest BCUT2D eigenvalue weighted by atomic mass is 31.2. The number of methoxy groups -OCH3 is 1. The molecule has 0 saturated heterocycles. The van der Waals surface area contributed by atoms with Crippen LogP contribution in [0.2, 0.25) is 0 Å². The number of carbonyl (C=O) groups is 1. The lowest BCUT2D eigenvalue weighted by molar-refractivity contribution is -0.136. The largest absolute Gasteiger partial charge is 0.465 e. The lowest BCUT2D eigenvalue weighted by Gasteiger charge is -2.18. The third-order valence-corrected chi connectivity index (χ3v) is 4.26. The average Bonchev–Trinajstić information content (AvgIpc) is 2.50. The summed E-state index contributed by atoms with van der Waals surface area (Å²) in [5, 5.41) is 0. The van der Waals surface area contributed by atoms with Crippen LogP contribution in [0, 0.1) is 0 Å². The van der Waals surface area contributed by atoms with Crippen LogP contribution in [0.25, 0.3) is 0 Å². The zero-order valence-corrected chi connectivity index (χ0v) is 15.1. The van der Waals surface area contributed by atoms with Gasteiger partial charge in [-0.25, -0.2) is 9.36 Å². The van der Waals surface area contributed by atoms with Crippen LogP contribution in [0.1, 0.15) is 52.4 Å². The van der Waals surface area contributed by atoms with E-state index in [1.165, 1.54) is 39.1 Å². The van der Waals surface area contributed by atoms with Crippen LogP contribution in [0.5, 0.6) is 0 Å². The number of unbranched alkanes of at least 4 members (excludes halogenated alkanes) is 5. The zero-order valence-electron chi connectivity index (χ0n) is 14.2. The molecular weight excluding hydrogens is 303 g/mol. The Morgan fingerprint density at radius 2 is 1.77 bits per heavy atom. The molecule has 0 bridgehead atoms. The lowest BCUT2D eigenvalue weighted by atomic mass is 10.1. The van der Waals surface area contributed by atoms with Gasteiger partial charge >= 0.3 is 13.6 Å². The lowest BCUT2D eigenvalue weighted by Crippen LogP contribution is -2.08. The van der Waals surface area contributed by atoms with Crippen LogP contribution < -0.4 is 0 Å². The average molecular weight is 332 g/mol. The second kappa shape index (κ2) is 11.5. The smallest absolute Gasteiger partial charge is 0.376 e. The van der Waals surface area contributed by atoms with Crippen LogP contribution in [0.3, 0.4) is 0 Å². The van der Waals surface area contributed by atoms with E-state index in [-0.39, 0.29) is 11.3 Å². The topological polar surface area (TPSA) is 61.8 Å². The molecule has 22 heavy (non-hydrogen) atoms. The molecule has 1 unspecified atom stereocenters. The fraction of sp³-hybridized carbons (Fsp3) is 0.688. The van der Waals surface area contributed by atoms with Gasteiger partial charge in [-0.05, 0) is 19.4 Å². The van der Waals surface area contributed by atoms with Gasteiger partial charge in [0.25, 0.3) is 0 Å². The molecule has 128 valence electrons. The van der Waals surface area contributed by atoms with Crippen LogP contribution in [-0.4, -0.2) is 26.4 Å². The number of carbonyl (C=O) groups excluding carboxylic acids is 1. The first kappa shape index (κ1) is 20.9. The van der Waals surface area contributed by atoms with Crippen molar-refractivity contribution < 1.29 is 23.1 Å². The maximum Gasteiger partial charge on any atom is 0.376 e. The Balaban J connectivity index is 4.19. The molecule has 0 N–H and O–H groups in total. The third kappa shape index (κ3) is 9.06. The summed E-state index contributed by atoms with van der Waals surface area (Å²) in [4.78, 5) is 11.4. The summed E-state index contributed by atoms with van der Waals surface area (Å²) < 4.78 is 27.5. The van der Waals surface area contributed by atoms with E-state index in [4.69, 9.17) is 9.05 Å². The predicted molar refractivity (Wildman–Crippen MR) is 88.9 cm³/mol. The first-order valence-electron chi connectivity index (χ1n) is 7.73. The van der Waals surface area contributed by atoms with Crippen molar-refractivity contribution in [3.8, 4) is 0 Å². The molecule has 0 heterocycles. The highest BCUT2D eigenvalue weighted by Gasteiger charge is 2.23. The van der Waals surface area contributed by atoms with Crippen molar-refractivity contribution in [1.29, 1.82) is 0 Å². The molecule has 0 radical (unpaired) electrons. The van der Waals surface area contributed by atoms with E-state index in [0.717, 1.165) is 19.3 Å². The number of hydrogen-bond donors (Lipinski definition) is 0. The summed E-state index contributed by atoms with van der Waals surface area (Å²) in [6.45, 7) is 9.18. The monoisotopic (exact) mass is 332 g/mol. The molecule has 0 aromatic rings. The number of hydrogen-bond acceptors (Lipinski definition) is 5. The van der Waals surface area contributed by atoms with Crippen LogP contribution in [-0.2, 0) is 23.1 Å². The second-order valence-electron chi connectivity index (χ2n) is 5.09. The van der Waals surface area contributed by atoms with Crippen LogP contribution in [0.15, 0.2) is 24.0 Å². The molecule has 0 aromatic heterocycles. The summed E-state index contributed by atoms with van der Waals surface area (Å²) in [6.07, 6.45) is 8.24. The maximum absolute atomic E-state index is 12.3. The van der Waals surface area contributed by atoms with Crippen molar-refractivity contribution in [1.82, 2.24) is 0 Å². The van der Waals surface area contributed by atoms with Crippen molar-refractivity contribution in [2.24, 2.45) is 0 Å². The normalized spacial score (nSPS) is 14.3. The number of esters is 1. The van der Waals surface area contributed by atoms with Crippen molar-refractivity contribution in [2.45, 2.75) is 52.4 Å². The van der Waals surface area contributed by atoms with Gasteiger partial charge in [0.1, 0.15) is 5.76 Å². The predicted octanol–water partition coefficient (Wildman–Crippen LogP) is 4.84. The molecule has 5 nitrogen and oxygen atoms in total. The Morgan fingerprint density at radius 1 is 1.18 bits per heavy atom. The minimum absolute atomic E-state index is 0.0234. The first-order valence-corrected chi connectivity index (χ1v) is 9.72. The molecule has 0 aromatic carbocycles. The molecule has 0 spiro atoms. The fourth-order valence-electron chi connectivity index (χ4n) is 1.82. The first-order chi connectivity index (χ1) is 10.4. The molecule has 0 aliphatic heterocycles. The quantitative estimate of drug-likeness (QED) is 0.128. The molecular formula is C16H29O5P. The third-order valence-electron chi connectivity index (χ3n) is 3.08. The van der Waals surface area contributed by atoms with Crippen LogP contribution in [0.4, 0.5) is 0 Å². The van der Waals surface area contributed by atoms with Gasteiger partial charge in [-0.3, -0.25) is 4.52 Å². The van der Waals surface area contributed by atoms with Crippen molar-refractivity contribution in [3.05, 3.63) is 24.0 Å². The zero-order chi connectivity index (χ0) is 17.0. The highest BCUT2D eigenvalue weighted by Crippen LogP contribution is 2.47. The maximum atomic E-state index is 12.3. The molecule has 6 heteroatoms. The number of rotatable bonds is 12. The van der Waals surface area contributed by atoms with Crippen molar-refractivity contribution in [2.75, 3.05) is 20.4 Å². The molecule has 0 aliphatic carbocycles. The summed E-state index contributed by atoms with van der Waals surface area (Å²) in [5.74, 6) is -0.496. The van der Waals surface area contributed by atoms with E-state index >= 15 is 0 Å². The standard InChI is InChI=1S/C16H29O5P/c1-6-8-9-10-11-12-13-20-22(5,18)21-15(7-2)14(3)16(17)19-4/h7H,3,6,8-13H2,1-2,4-5H3/b15-7+. The molecule has 0 fully saturated rings. The number of ether oxygens (including phenoxy) is 1. The minimum Gasteiger partial charge on any atom is -0.465 e. The van der Waals surface area contributed by atoms with E-state index in [1.807, 2.05) is 0 Å². The Hall–Kier alpha value is -1.06. The fourth-order valence-corrected chi connectivity index (χ4v) is 2.91. The van der Waals surface area contributed by atoms with Gasteiger partial charge in [0.15, 0.2) is 0 Å². The highest BCUT2D eigenvalue weighted by molar-refractivity contribution is 7.53.